The Labute approximate surface area is 294 Å². The van der Waals surface area contributed by atoms with Gasteiger partial charge in [-0.15, -0.1) is 0 Å². The van der Waals surface area contributed by atoms with E-state index in [9.17, 15) is 2.74 Å². The fourth-order valence-electron chi connectivity index (χ4n) is 6.58. The average Bonchev–Trinajstić information content (AvgIpc) is 3.59. The molecule has 2 heterocycles. The number of rotatable bonds is 4. The summed E-state index contributed by atoms with van der Waals surface area (Å²) in [6.45, 7) is 0. The van der Waals surface area contributed by atoms with Gasteiger partial charge in [0, 0.05) is 27.5 Å². The van der Waals surface area contributed by atoms with E-state index in [2.05, 4.69) is 0 Å². The van der Waals surface area contributed by atoms with Gasteiger partial charge >= 0.3 is 0 Å². The van der Waals surface area contributed by atoms with E-state index in [0.29, 0.717) is 16.5 Å². The Morgan fingerprint density at radius 2 is 1.12 bits per heavy atom. The molecular formula is C45H27N3O. The van der Waals surface area contributed by atoms with Crippen LogP contribution >= 0.6 is 0 Å². The lowest BCUT2D eigenvalue weighted by Gasteiger charge is -2.13. The molecule has 10 rings (SSSR count). The second-order valence-corrected chi connectivity index (χ2v) is 11.7. The van der Waals surface area contributed by atoms with Crippen LogP contribution in [-0.2, 0) is 0 Å². The molecular weight excluding hydrogens is 599 g/mol. The average molecular weight is 635 g/mol. The smallest absolute Gasteiger partial charge is 0.164 e. The summed E-state index contributed by atoms with van der Waals surface area (Å²) in [6.07, 6.45) is 0. The molecule has 0 aliphatic heterocycles. The molecule has 0 aliphatic rings. The van der Waals surface area contributed by atoms with Crippen LogP contribution in [0.5, 0.6) is 0 Å². The molecule has 0 spiro atoms. The van der Waals surface area contributed by atoms with E-state index in [1.54, 1.807) is 0 Å². The summed E-state index contributed by atoms with van der Waals surface area (Å²) in [5.74, 6) is -0.178. The Kier molecular flexibility index (Phi) is 4.45. The maximum Gasteiger partial charge on any atom is 0.164 e. The molecule has 8 aromatic carbocycles. The van der Waals surface area contributed by atoms with Crippen LogP contribution in [0.1, 0.15) is 12.3 Å². The molecule has 0 saturated heterocycles. The van der Waals surface area contributed by atoms with Gasteiger partial charge in [0.2, 0.25) is 0 Å². The number of nitrogens with zero attached hydrogens (tertiary/aromatic N) is 3. The van der Waals surface area contributed by atoms with Crippen molar-refractivity contribution in [2.45, 2.75) is 0 Å². The van der Waals surface area contributed by atoms with Crippen molar-refractivity contribution >= 4 is 54.3 Å². The Balaban J connectivity index is 1.38. The van der Waals surface area contributed by atoms with Crippen molar-refractivity contribution in [2.75, 3.05) is 0 Å². The molecule has 0 unspecified atom stereocenters. The van der Waals surface area contributed by atoms with Gasteiger partial charge in [0.1, 0.15) is 11.2 Å². The van der Waals surface area contributed by atoms with Crippen molar-refractivity contribution < 1.29 is 16.8 Å². The maximum absolute atomic E-state index is 9.93. The van der Waals surface area contributed by atoms with Crippen LogP contribution in [0.15, 0.2) is 168 Å². The molecule has 10 aromatic rings. The monoisotopic (exact) mass is 634 g/mol. The van der Waals surface area contributed by atoms with E-state index in [-0.39, 0.29) is 74.9 Å². The van der Waals surface area contributed by atoms with Crippen LogP contribution in [0.4, 0.5) is 0 Å². The Morgan fingerprint density at radius 1 is 0.429 bits per heavy atom. The molecule has 0 bridgehead atoms. The molecule has 0 radical (unpaired) electrons. The molecule has 4 nitrogen and oxygen atoms in total. The SMILES string of the molecule is [2H]c1cc2oc3c([2H])c(-c4ccc5ccccc5c4)c([2H])c(-c4nc(-c5c([2H])c([2H])c([2H])c([2H])c5[2H])nc(-c5cc6ccccc6c6ccccc56)n4)c3c2cc1[2H]. The van der Waals surface area contributed by atoms with Crippen LogP contribution < -0.4 is 0 Å². The van der Waals surface area contributed by atoms with Crippen LogP contribution in [0.25, 0.3) is 99.5 Å². The summed E-state index contributed by atoms with van der Waals surface area (Å²) in [4.78, 5) is 14.7. The Bertz CT molecular complexity index is 3390. The van der Waals surface area contributed by atoms with Gasteiger partial charge in [0.25, 0.3) is 0 Å². The lowest BCUT2D eigenvalue weighted by molar-refractivity contribution is 0.669. The first-order valence-electron chi connectivity index (χ1n) is 20.2. The zero-order chi connectivity index (χ0) is 40.1. The van der Waals surface area contributed by atoms with Crippen molar-refractivity contribution in [2.24, 2.45) is 0 Å². The standard InChI is InChI=1S/C45H27N3O/c1-2-13-29(14-3-1)43-46-44(38-25-32-16-6-7-17-34(32)35-18-8-9-19-36(35)38)48-45(47-43)39-26-33(31-23-22-28-12-4-5-15-30(28)24-31)27-41-42(39)37-20-10-11-21-40(37)49-41/h1-27H/i1D,2D,3D,10D,11D,13D,14D,26D,27D. The molecule has 0 amide bonds. The molecule has 0 N–H and O–H groups in total. The third-order valence-corrected chi connectivity index (χ3v) is 8.85. The Hall–Kier alpha value is -6.65. The van der Waals surface area contributed by atoms with Gasteiger partial charge in [-0.25, -0.2) is 15.0 Å². The van der Waals surface area contributed by atoms with Crippen LogP contribution in [-0.4, -0.2) is 15.0 Å². The minimum atomic E-state index is -0.570. The van der Waals surface area contributed by atoms with E-state index in [1.807, 2.05) is 97.1 Å². The van der Waals surface area contributed by atoms with Gasteiger partial charge in [0.05, 0.1) is 12.3 Å². The topological polar surface area (TPSA) is 51.8 Å². The number of benzene rings is 8. The van der Waals surface area contributed by atoms with Gasteiger partial charge in [-0.1, -0.05) is 133 Å². The van der Waals surface area contributed by atoms with Gasteiger partial charge in [-0.2, -0.15) is 0 Å². The minimum Gasteiger partial charge on any atom is -0.456 e. The van der Waals surface area contributed by atoms with E-state index in [4.69, 9.17) is 29.0 Å². The van der Waals surface area contributed by atoms with Crippen LogP contribution in [0.3, 0.4) is 0 Å². The van der Waals surface area contributed by atoms with Crippen molar-refractivity contribution in [3.63, 3.8) is 0 Å². The first-order valence-corrected chi connectivity index (χ1v) is 15.7. The highest BCUT2D eigenvalue weighted by Crippen LogP contribution is 2.41. The van der Waals surface area contributed by atoms with Crippen LogP contribution in [0.2, 0.25) is 0 Å². The molecule has 0 atom stereocenters. The summed E-state index contributed by atoms with van der Waals surface area (Å²) in [7, 11) is 0. The molecule has 49 heavy (non-hydrogen) atoms. The van der Waals surface area contributed by atoms with Crippen molar-refractivity contribution in [1.29, 1.82) is 0 Å². The number of fused-ring (bicyclic) bond motifs is 7. The summed E-state index contributed by atoms with van der Waals surface area (Å²) in [5, 5.41) is 6.06. The van der Waals surface area contributed by atoms with Gasteiger partial charge in [-0.3, -0.25) is 0 Å². The highest BCUT2D eigenvalue weighted by molar-refractivity contribution is 6.15. The van der Waals surface area contributed by atoms with Gasteiger partial charge in [-0.05, 0) is 73.7 Å². The zero-order valence-corrected chi connectivity index (χ0v) is 25.6. The van der Waals surface area contributed by atoms with E-state index >= 15 is 0 Å². The third-order valence-electron chi connectivity index (χ3n) is 8.85. The predicted octanol–water partition coefficient (Wildman–Crippen LogP) is 11.9. The van der Waals surface area contributed by atoms with E-state index in [1.165, 1.54) is 12.1 Å². The van der Waals surface area contributed by atoms with Crippen molar-refractivity contribution in [3.05, 3.63) is 164 Å². The van der Waals surface area contributed by atoms with Crippen LogP contribution in [0, 0.1) is 0 Å². The second kappa shape index (κ2) is 11.0. The van der Waals surface area contributed by atoms with Crippen molar-refractivity contribution in [1.82, 2.24) is 15.0 Å². The summed E-state index contributed by atoms with van der Waals surface area (Å²) < 4.78 is 85.7. The molecule has 2 aromatic heterocycles. The zero-order valence-electron chi connectivity index (χ0n) is 34.6. The Morgan fingerprint density at radius 3 is 1.98 bits per heavy atom. The van der Waals surface area contributed by atoms with E-state index in [0.717, 1.165) is 32.3 Å². The summed E-state index contributed by atoms with van der Waals surface area (Å²) in [5.41, 5.74) is 1.52. The third kappa shape index (κ3) is 4.57. The number of furan rings is 1. The largest absolute Gasteiger partial charge is 0.456 e. The summed E-state index contributed by atoms with van der Waals surface area (Å²) >= 11 is 0. The molecule has 0 aliphatic carbocycles. The number of aromatic nitrogens is 3. The molecule has 4 heteroatoms. The first kappa shape index (κ1) is 19.9. The lowest BCUT2D eigenvalue weighted by atomic mass is 9.96. The van der Waals surface area contributed by atoms with Crippen molar-refractivity contribution in [3.8, 4) is 45.3 Å². The molecule has 228 valence electrons. The summed E-state index contributed by atoms with van der Waals surface area (Å²) in [6, 6.07) is 30.6. The molecule has 0 fully saturated rings. The predicted molar refractivity (Wildman–Crippen MR) is 201 cm³/mol. The number of hydrogen-bond donors (Lipinski definition) is 0. The quantitative estimate of drug-likeness (QED) is 0.181. The van der Waals surface area contributed by atoms with Gasteiger partial charge < -0.3 is 4.42 Å². The fraction of sp³-hybridized carbons (Fsp3) is 0. The maximum atomic E-state index is 9.93. The first-order chi connectivity index (χ1) is 28.0. The highest BCUT2D eigenvalue weighted by Gasteiger charge is 2.21. The minimum absolute atomic E-state index is 0.0785. The van der Waals surface area contributed by atoms with E-state index < -0.39 is 30.2 Å². The number of para-hydroxylation sites is 1. The fourth-order valence-corrected chi connectivity index (χ4v) is 6.58. The normalized spacial score (nSPS) is 14.2. The lowest BCUT2D eigenvalue weighted by Crippen LogP contribution is -2.01. The number of hydrogen-bond acceptors (Lipinski definition) is 4. The second-order valence-electron chi connectivity index (χ2n) is 11.7. The van der Waals surface area contributed by atoms with Gasteiger partial charge in [0.15, 0.2) is 17.5 Å². The molecule has 0 saturated carbocycles. The highest BCUT2D eigenvalue weighted by atomic mass is 16.3.